The van der Waals surface area contributed by atoms with Crippen LogP contribution < -0.4 is 10.1 Å². The van der Waals surface area contributed by atoms with Gasteiger partial charge in [-0.15, -0.1) is 0 Å². The number of likely N-dealkylation sites (N-methyl/N-ethyl adjacent to an activating group) is 1. The van der Waals surface area contributed by atoms with Crippen LogP contribution in [0.5, 0.6) is 5.75 Å². The summed E-state index contributed by atoms with van der Waals surface area (Å²) >= 11 is 0. The van der Waals surface area contributed by atoms with Crippen molar-refractivity contribution >= 4 is 11.8 Å². The molecule has 1 N–H and O–H groups in total. The van der Waals surface area contributed by atoms with Gasteiger partial charge < -0.3 is 15.0 Å². The van der Waals surface area contributed by atoms with Crippen molar-refractivity contribution in [3.05, 3.63) is 29.8 Å². The topological polar surface area (TPSA) is 58.6 Å². The number of carbonyl (C=O) groups excluding carboxylic acids is 2. The van der Waals surface area contributed by atoms with E-state index in [1.165, 1.54) is 4.90 Å². The molecule has 0 aliphatic carbocycles. The van der Waals surface area contributed by atoms with Gasteiger partial charge in [0.1, 0.15) is 5.75 Å². The zero-order chi connectivity index (χ0) is 17.4. The first-order valence-electron chi connectivity index (χ1n) is 8.12. The molecule has 2 atom stereocenters. The fourth-order valence-electron chi connectivity index (χ4n) is 2.07. The van der Waals surface area contributed by atoms with Crippen molar-refractivity contribution in [3.63, 3.8) is 0 Å². The van der Waals surface area contributed by atoms with E-state index in [1.54, 1.807) is 14.1 Å². The lowest BCUT2D eigenvalue weighted by Crippen LogP contribution is -2.33. The molecular formula is C18H28N2O3. The summed E-state index contributed by atoms with van der Waals surface area (Å²) in [5.41, 5.74) is 0.901. The van der Waals surface area contributed by atoms with E-state index in [9.17, 15) is 9.59 Å². The maximum atomic E-state index is 12.2. The van der Waals surface area contributed by atoms with Crippen LogP contribution >= 0.6 is 0 Å². The van der Waals surface area contributed by atoms with Gasteiger partial charge >= 0.3 is 0 Å². The monoisotopic (exact) mass is 320 g/mol. The Labute approximate surface area is 139 Å². The third kappa shape index (κ3) is 5.58. The van der Waals surface area contributed by atoms with Gasteiger partial charge in [0.2, 0.25) is 5.91 Å². The van der Waals surface area contributed by atoms with Gasteiger partial charge in [-0.25, -0.2) is 0 Å². The van der Waals surface area contributed by atoms with Crippen molar-refractivity contribution in [2.24, 2.45) is 5.92 Å². The van der Waals surface area contributed by atoms with Gasteiger partial charge in [0.25, 0.3) is 5.91 Å². The largest absolute Gasteiger partial charge is 0.483 e. The summed E-state index contributed by atoms with van der Waals surface area (Å²) in [6.45, 7) is 5.92. The number of rotatable bonds is 8. The van der Waals surface area contributed by atoms with E-state index < -0.39 is 0 Å². The van der Waals surface area contributed by atoms with Crippen LogP contribution in [0.3, 0.4) is 0 Å². The average Bonchev–Trinajstić information content (AvgIpc) is 2.56. The summed E-state index contributed by atoms with van der Waals surface area (Å²) in [6.07, 6.45) is 1.56. The summed E-state index contributed by atoms with van der Waals surface area (Å²) in [5, 5.41) is 3.07. The number of ether oxygens (including phenoxy) is 1. The molecule has 0 radical (unpaired) electrons. The van der Waals surface area contributed by atoms with E-state index in [0.29, 0.717) is 5.75 Å². The van der Waals surface area contributed by atoms with Gasteiger partial charge in [-0.1, -0.05) is 39.0 Å². The molecule has 5 heteroatoms. The Balaban J connectivity index is 2.88. The van der Waals surface area contributed by atoms with Crippen LogP contribution in [0.15, 0.2) is 24.3 Å². The van der Waals surface area contributed by atoms with Gasteiger partial charge in [-0.2, -0.15) is 0 Å². The number of hydrogen-bond donors (Lipinski definition) is 1. The molecule has 0 aliphatic rings. The van der Waals surface area contributed by atoms with Gasteiger partial charge in [0.15, 0.2) is 6.61 Å². The van der Waals surface area contributed by atoms with Gasteiger partial charge in [-0.05, 0) is 18.9 Å². The molecule has 0 aliphatic heterocycles. The molecule has 0 bridgehead atoms. The standard InChI is InChI=1S/C18H28N2O3/c1-6-13(3)18(22)19-15(7-2)14-10-8-9-11-16(14)23-12-17(21)20(4)5/h8-11,13,15H,6-7,12H2,1-5H3,(H,19,22)/t13-,15+/m1/s1. The minimum absolute atomic E-state index is 0.0141. The number of para-hydroxylation sites is 1. The van der Waals surface area contributed by atoms with E-state index >= 15 is 0 Å². The highest BCUT2D eigenvalue weighted by atomic mass is 16.5. The van der Waals surface area contributed by atoms with Crippen LogP contribution in [-0.4, -0.2) is 37.4 Å². The van der Waals surface area contributed by atoms with Crippen molar-refractivity contribution in [3.8, 4) is 5.75 Å². The SMILES string of the molecule is CC[C@@H](C)C(=O)N[C@@H](CC)c1ccccc1OCC(=O)N(C)C. The Morgan fingerprint density at radius 3 is 2.39 bits per heavy atom. The molecule has 0 saturated carbocycles. The molecular weight excluding hydrogens is 292 g/mol. The fraction of sp³-hybridized carbons (Fsp3) is 0.556. The summed E-state index contributed by atoms with van der Waals surface area (Å²) in [6, 6.07) is 7.41. The predicted octanol–water partition coefficient (Wildman–Crippen LogP) is 2.77. The smallest absolute Gasteiger partial charge is 0.259 e. The van der Waals surface area contributed by atoms with Crippen molar-refractivity contribution < 1.29 is 14.3 Å². The molecule has 0 unspecified atom stereocenters. The van der Waals surface area contributed by atoms with E-state index in [4.69, 9.17) is 4.74 Å². The number of nitrogens with one attached hydrogen (secondary N) is 1. The van der Waals surface area contributed by atoms with Crippen molar-refractivity contribution in [1.82, 2.24) is 10.2 Å². The highest BCUT2D eigenvalue weighted by Gasteiger charge is 2.20. The van der Waals surface area contributed by atoms with Gasteiger partial charge in [0.05, 0.1) is 6.04 Å². The molecule has 5 nitrogen and oxygen atoms in total. The third-order valence-electron chi connectivity index (χ3n) is 3.93. The van der Waals surface area contributed by atoms with Crippen LogP contribution in [0, 0.1) is 5.92 Å². The molecule has 1 aromatic carbocycles. The van der Waals surface area contributed by atoms with E-state index in [1.807, 2.05) is 45.0 Å². The second-order valence-corrected chi connectivity index (χ2v) is 5.89. The van der Waals surface area contributed by atoms with Crippen LogP contribution in [0.4, 0.5) is 0 Å². The van der Waals surface area contributed by atoms with E-state index in [2.05, 4.69) is 5.32 Å². The highest BCUT2D eigenvalue weighted by molar-refractivity contribution is 5.79. The summed E-state index contributed by atoms with van der Waals surface area (Å²) in [7, 11) is 3.39. The first-order chi connectivity index (χ1) is 10.9. The van der Waals surface area contributed by atoms with Crippen LogP contribution in [-0.2, 0) is 9.59 Å². The Morgan fingerprint density at radius 1 is 1.17 bits per heavy atom. The quantitative estimate of drug-likeness (QED) is 0.801. The summed E-state index contributed by atoms with van der Waals surface area (Å²) in [5.74, 6) is 0.557. The second kappa shape index (κ2) is 9.18. The average molecular weight is 320 g/mol. The second-order valence-electron chi connectivity index (χ2n) is 5.89. The molecule has 0 spiro atoms. The van der Waals surface area contributed by atoms with Crippen LogP contribution in [0.1, 0.15) is 45.2 Å². The zero-order valence-corrected chi connectivity index (χ0v) is 14.8. The zero-order valence-electron chi connectivity index (χ0n) is 14.8. The Morgan fingerprint density at radius 2 is 1.83 bits per heavy atom. The molecule has 1 aromatic rings. The molecule has 0 saturated heterocycles. The molecule has 2 amide bonds. The van der Waals surface area contributed by atoms with E-state index in [0.717, 1.165) is 18.4 Å². The van der Waals surface area contributed by atoms with Gasteiger partial charge in [0, 0.05) is 25.6 Å². The predicted molar refractivity (Wildman–Crippen MR) is 91.3 cm³/mol. The number of benzene rings is 1. The summed E-state index contributed by atoms with van der Waals surface area (Å²) < 4.78 is 5.67. The van der Waals surface area contributed by atoms with Crippen LogP contribution in [0.25, 0.3) is 0 Å². The number of nitrogens with zero attached hydrogens (tertiary/aromatic N) is 1. The molecule has 0 fully saturated rings. The first-order valence-corrected chi connectivity index (χ1v) is 8.12. The van der Waals surface area contributed by atoms with Gasteiger partial charge in [-0.3, -0.25) is 9.59 Å². The van der Waals surface area contributed by atoms with E-state index in [-0.39, 0.29) is 30.4 Å². The molecule has 23 heavy (non-hydrogen) atoms. The minimum Gasteiger partial charge on any atom is -0.483 e. The lowest BCUT2D eigenvalue weighted by Gasteiger charge is -2.22. The molecule has 128 valence electrons. The normalized spacial score (nSPS) is 13.1. The number of amides is 2. The fourth-order valence-corrected chi connectivity index (χ4v) is 2.07. The van der Waals surface area contributed by atoms with Crippen molar-refractivity contribution in [1.29, 1.82) is 0 Å². The number of hydrogen-bond acceptors (Lipinski definition) is 3. The lowest BCUT2D eigenvalue weighted by molar-refractivity contribution is -0.131. The number of carbonyl (C=O) groups is 2. The molecule has 0 heterocycles. The first kappa shape index (κ1) is 19.0. The third-order valence-corrected chi connectivity index (χ3v) is 3.93. The van der Waals surface area contributed by atoms with Crippen LogP contribution in [0.2, 0.25) is 0 Å². The Bertz CT molecular complexity index is 529. The molecule has 0 aromatic heterocycles. The maximum Gasteiger partial charge on any atom is 0.259 e. The van der Waals surface area contributed by atoms with Crippen molar-refractivity contribution in [2.45, 2.75) is 39.7 Å². The summed E-state index contributed by atoms with van der Waals surface area (Å²) in [4.78, 5) is 25.4. The minimum atomic E-state index is -0.123. The Kier molecular flexibility index (Phi) is 7.59. The highest BCUT2D eigenvalue weighted by Crippen LogP contribution is 2.27. The Hall–Kier alpha value is -2.04. The lowest BCUT2D eigenvalue weighted by atomic mass is 10.0. The molecule has 1 rings (SSSR count). The van der Waals surface area contributed by atoms with Crippen molar-refractivity contribution in [2.75, 3.05) is 20.7 Å². The maximum absolute atomic E-state index is 12.2.